The highest BCUT2D eigenvalue weighted by molar-refractivity contribution is 9.11. The van der Waals surface area contributed by atoms with Crippen LogP contribution in [0.1, 0.15) is 4.88 Å². The molecule has 8 heteroatoms. The maximum atomic E-state index is 13.0. The van der Waals surface area contributed by atoms with Gasteiger partial charge in [0.25, 0.3) is 5.91 Å². The number of amides is 1. The largest absolute Gasteiger partial charge is 0.383 e. The zero-order chi connectivity index (χ0) is 17.6. The summed E-state index contributed by atoms with van der Waals surface area (Å²) in [5.41, 5.74) is 2.11. The van der Waals surface area contributed by atoms with Gasteiger partial charge in [0.1, 0.15) is 5.71 Å². The van der Waals surface area contributed by atoms with Crippen LogP contribution < -0.4 is 5.01 Å². The first-order valence-corrected chi connectivity index (χ1v) is 9.88. The van der Waals surface area contributed by atoms with Gasteiger partial charge in [-0.15, -0.1) is 11.3 Å². The molecule has 0 spiro atoms. The number of rotatable bonds is 3. The van der Waals surface area contributed by atoms with Crippen LogP contribution in [0.15, 0.2) is 57.1 Å². The molecule has 0 unspecified atom stereocenters. The topological polar surface area (TPSA) is 48.8 Å². The van der Waals surface area contributed by atoms with E-state index in [-0.39, 0.29) is 5.91 Å². The zero-order valence-electron chi connectivity index (χ0n) is 13.4. The normalized spacial score (nSPS) is 16.1. The number of aromatic nitrogens is 1. The van der Waals surface area contributed by atoms with Crippen LogP contribution in [0.2, 0.25) is 0 Å². The number of carbonyl (C=O) groups is 1. The van der Waals surface area contributed by atoms with Crippen LogP contribution in [0.25, 0.3) is 10.2 Å². The molecule has 1 aliphatic rings. The quantitative estimate of drug-likeness (QED) is 0.579. The molecule has 0 radical (unpaired) electrons. The first-order valence-electron chi connectivity index (χ1n) is 7.46. The summed E-state index contributed by atoms with van der Waals surface area (Å²) in [6.45, 7) is 0. The second-order valence-corrected chi connectivity index (χ2v) is 9.11. The number of para-hydroxylation sites is 1. The fraction of sp³-hybridized carbons (Fsp3) is 0.118. The molecule has 3 heterocycles. The van der Waals surface area contributed by atoms with Gasteiger partial charge in [0.15, 0.2) is 0 Å². The van der Waals surface area contributed by atoms with Gasteiger partial charge in [-0.2, -0.15) is 10.1 Å². The summed E-state index contributed by atoms with van der Waals surface area (Å²) in [4.78, 5) is 20.3. The lowest BCUT2D eigenvalue weighted by Crippen LogP contribution is -2.22. The number of thiazole rings is 1. The Kier molecular flexibility index (Phi) is 4.18. The molecule has 3 aromatic rings. The fourth-order valence-corrected chi connectivity index (χ4v) is 4.79. The van der Waals surface area contributed by atoms with Gasteiger partial charge in [-0.25, -0.2) is 4.98 Å². The van der Waals surface area contributed by atoms with Crippen molar-refractivity contribution >= 4 is 65.6 Å². The standard InChI is InChI=1S/C17H13BrN4OS2/c1-21(2)9-10-15(13-7-8-14(18)24-13)20-22(16(10)23)17-19-11-5-3-4-6-12(11)25-17/h3-9H,1-2H3. The molecule has 1 aliphatic heterocycles. The summed E-state index contributed by atoms with van der Waals surface area (Å²) >= 11 is 6.49. The maximum Gasteiger partial charge on any atom is 0.284 e. The summed E-state index contributed by atoms with van der Waals surface area (Å²) in [5.74, 6) is -0.160. The molecule has 0 bridgehead atoms. The molecule has 0 fully saturated rings. The Balaban J connectivity index is 1.82. The second-order valence-electron chi connectivity index (χ2n) is 5.64. The summed E-state index contributed by atoms with van der Waals surface area (Å²) in [6, 6.07) is 11.8. The van der Waals surface area contributed by atoms with E-state index in [0.29, 0.717) is 16.4 Å². The van der Waals surface area contributed by atoms with Crippen molar-refractivity contribution in [3.63, 3.8) is 0 Å². The molecule has 1 aromatic carbocycles. The molecule has 0 N–H and O–H groups in total. The predicted octanol–water partition coefficient (Wildman–Crippen LogP) is 4.32. The maximum absolute atomic E-state index is 13.0. The van der Waals surface area contributed by atoms with Crippen LogP contribution in [-0.2, 0) is 4.79 Å². The number of hydrogen-bond acceptors (Lipinski definition) is 6. The van der Waals surface area contributed by atoms with Crippen LogP contribution in [0, 0.1) is 0 Å². The fourth-order valence-electron chi connectivity index (χ4n) is 2.49. The molecule has 2 aromatic heterocycles. The molecule has 1 amide bonds. The molecular weight excluding hydrogens is 420 g/mol. The van der Waals surface area contributed by atoms with Gasteiger partial charge in [0.05, 0.1) is 24.5 Å². The molecule has 0 saturated carbocycles. The minimum Gasteiger partial charge on any atom is -0.383 e. The third-order valence-corrected chi connectivity index (χ3v) is 6.18. The Bertz CT molecular complexity index is 1000. The first-order chi connectivity index (χ1) is 12.0. The SMILES string of the molecule is CN(C)C=C1C(=O)N(c2nc3ccccc3s2)N=C1c1ccc(Br)s1. The van der Waals surface area contributed by atoms with E-state index in [2.05, 4.69) is 26.0 Å². The monoisotopic (exact) mass is 432 g/mol. The van der Waals surface area contributed by atoms with Crippen molar-refractivity contribution in [1.29, 1.82) is 0 Å². The van der Waals surface area contributed by atoms with E-state index in [1.54, 1.807) is 11.3 Å². The number of fused-ring (bicyclic) bond motifs is 1. The number of benzene rings is 1. The molecular formula is C17H13BrN4OS2. The van der Waals surface area contributed by atoms with E-state index in [9.17, 15) is 4.79 Å². The van der Waals surface area contributed by atoms with Crippen LogP contribution in [0.3, 0.4) is 0 Å². The number of thiophene rings is 1. The highest BCUT2D eigenvalue weighted by Gasteiger charge is 2.34. The second kappa shape index (κ2) is 6.36. The summed E-state index contributed by atoms with van der Waals surface area (Å²) < 4.78 is 2.03. The summed E-state index contributed by atoms with van der Waals surface area (Å²) in [5, 5.41) is 6.59. The minimum absolute atomic E-state index is 0.160. The van der Waals surface area contributed by atoms with Crippen molar-refractivity contribution in [2.75, 3.05) is 19.1 Å². The molecule has 25 heavy (non-hydrogen) atoms. The van der Waals surface area contributed by atoms with Crippen LogP contribution in [-0.4, -0.2) is 35.6 Å². The van der Waals surface area contributed by atoms with Crippen molar-refractivity contribution in [2.45, 2.75) is 0 Å². The van der Waals surface area contributed by atoms with Gasteiger partial charge in [-0.3, -0.25) is 4.79 Å². The lowest BCUT2D eigenvalue weighted by atomic mass is 10.1. The Morgan fingerprint density at radius 1 is 1.16 bits per heavy atom. The van der Waals surface area contributed by atoms with Gasteiger partial charge in [-0.05, 0) is 40.2 Å². The van der Waals surface area contributed by atoms with E-state index in [1.165, 1.54) is 16.3 Å². The Hall–Kier alpha value is -2.03. The van der Waals surface area contributed by atoms with E-state index >= 15 is 0 Å². The van der Waals surface area contributed by atoms with Gasteiger partial charge in [0, 0.05) is 20.3 Å². The first kappa shape index (κ1) is 16.4. The number of carbonyl (C=O) groups excluding carboxylic acids is 1. The number of halogens is 1. The Morgan fingerprint density at radius 3 is 2.64 bits per heavy atom. The van der Waals surface area contributed by atoms with Crippen molar-refractivity contribution in [3.05, 3.63) is 56.8 Å². The molecule has 0 aliphatic carbocycles. The number of nitrogens with zero attached hydrogens (tertiary/aromatic N) is 4. The van der Waals surface area contributed by atoms with E-state index < -0.39 is 0 Å². The van der Waals surface area contributed by atoms with Crippen LogP contribution >= 0.6 is 38.6 Å². The highest BCUT2D eigenvalue weighted by atomic mass is 79.9. The zero-order valence-corrected chi connectivity index (χ0v) is 16.7. The predicted molar refractivity (Wildman–Crippen MR) is 107 cm³/mol. The number of hydrogen-bond donors (Lipinski definition) is 0. The molecule has 5 nitrogen and oxygen atoms in total. The Labute approximate surface area is 161 Å². The third kappa shape index (κ3) is 3.01. The van der Waals surface area contributed by atoms with Gasteiger partial charge >= 0.3 is 0 Å². The van der Waals surface area contributed by atoms with Gasteiger partial charge in [0.2, 0.25) is 5.13 Å². The third-order valence-electron chi connectivity index (χ3n) is 3.54. The van der Waals surface area contributed by atoms with Gasteiger partial charge < -0.3 is 4.90 Å². The van der Waals surface area contributed by atoms with Crippen LogP contribution in [0.5, 0.6) is 0 Å². The minimum atomic E-state index is -0.160. The lowest BCUT2D eigenvalue weighted by Gasteiger charge is -2.08. The molecule has 126 valence electrons. The molecule has 4 rings (SSSR count). The highest BCUT2D eigenvalue weighted by Crippen LogP contribution is 2.34. The Morgan fingerprint density at radius 2 is 1.96 bits per heavy atom. The average molecular weight is 433 g/mol. The van der Waals surface area contributed by atoms with Gasteiger partial charge in [-0.1, -0.05) is 23.5 Å². The molecule has 0 atom stereocenters. The lowest BCUT2D eigenvalue weighted by molar-refractivity contribution is -0.114. The number of hydrazone groups is 1. The van der Waals surface area contributed by atoms with Crippen molar-refractivity contribution in [2.24, 2.45) is 5.10 Å². The smallest absolute Gasteiger partial charge is 0.284 e. The van der Waals surface area contributed by atoms with Crippen molar-refractivity contribution < 1.29 is 4.79 Å². The van der Waals surface area contributed by atoms with E-state index in [4.69, 9.17) is 0 Å². The molecule has 0 saturated heterocycles. The number of anilines is 1. The van der Waals surface area contributed by atoms with Crippen molar-refractivity contribution in [1.82, 2.24) is 9.88 Å². The van der Waals surface area contributed by atoms with E-state index in [1.807, 2.05) is 61.6 Å². The van der Waals surface area contributed by atoms with Crippen molar-refractivity contribution in [3.8, 4) is 0 Å². The average Bonchev–Trinajstić information content (AvgIpc) is 3.25. The summed E-state index contributed by atoms with van der Waals surface area (Å²) in [7, 11) is 3.78. The van der Waals surface area contributed by atoms with Crippen LogP contribution in [0.4, 0.5) is 5.13 Å². The van der Waals surface area contributed by atoms with E-state index in [0.717, 1.165) is 18.9 Å². The summed E-state index contributed by atoms with van der Waals surface area (Å²) in [6.07, 6.45) is 1.81.